The van der Waals surface area contributed by atoms with E-state index in [1.165, 1.54) is 0 Å². The summed E-state index contributed by atoms with van der Waals surface area (Å²) in [6.45, 7) is 0.987. The van der Waals surface area contributed by atoms with E-state index < -0.39 is 17.7 Å². The lowest BCUT2D eigenvalue weighted by molar-refractivity contribution is -0.156. The highest BCUT2D eigenvalue weighted by molar-refractivity contribution is 5.82. The van der Waals surface area contributed by atoms with Gasteiger partial charge in [0.2, 0.25) is 5.91 Å². The zero-order chi connectivity index (χ0) is 24.3. The van der Waals surface area contributed by atoms with E-state index in [2.05, 4.69) is 34.9 Å². The Kier molecular flexibility index (Phi) is 6.88. The van der Waals surface area contributed by atoms with Gasteiger partial charge in [0, 0.05) is 17.9 Å². The molecule has 2 amide bonds. The number of aliphatic hydroxyl groups is 1. The molecule has 3 atom stereocenters. The third kappa shape index (κ3) is 5.07. The molecular weight excluding hydrogens is 436 g/mol. The van der Waals surface area contributed by atoms with E-state index in [4.69, 9.17) is 9.84 Å². The molecule has 2 aromatic carbocycles. The van der Waals surface area contributed by atoms with Gasteiger partial charge in [-0.3, -0.25) is 4.79 Å². The predicted octanol–water partition coefficient (Wildman–Crippen LogP) is 3.04. The van der Waals surface area contributed by atoms with E-state index in [1.807, 2.05) is 24.3 Å². The summed E-state index contributed by atoms with van der Waals surface area (Å²) >= 11 is 0. The predicted molar refractivity (Wildman–Crippen MR) is 125 cm³/mol. The van der Waals surface area contributed by atoms with Crippen molar-refractivity contribution in [1.82, 2.24) is 10.6 Å². The molecule has 0 heterocycles. The lowest BCUT2D eigenvalue weighted by Crippen LogP contribution is -2.49. The number of carboxylic acid groups (broad SMARTS) is 1. The van der Waals surface area contributed by atoms with E-state index in [0.717, 1.165) is 42.0 Å². The first-order valence-corrected chi connectivity index (χ1v) is 11.6. The smallest absolute Gasteiger partial charge is 0.407 e. The van der Waals surface area contributed by atoms with Gasteiger partial charge in [-0.25, -0.2) is 9.59 Å². The molecule has 8 heteroatoms. The molecule has 1 fully saturated rings. The number of benzene rings is 2. The second-order valence-electron chi connectivity index (χ2n) is 9.33. The second-order valence-corrected chi connectivity index (χ2v) is 9.33. The van der Waals surface area contributed by atoms with Gasteiger partial charge in [-0.1, -0.05) is 55.0 Å². The van der Waals surface area contributed by atoms with E-state index in [9.17, 15) is 19.5 Å². The molecule has 2 aliphatic carbocycles. The number of ether oxygens (including phenoxy) is 1. The lowest BCUT2D eigenvalue weighted by atomic mass is 9.85. The number of carbonyl (C=O) groups is 3. The largest absolute Gasteiger partial charge is 0.479 e. The SMILES string of the molecule is CC(O)(CNC(=O)[C@@H]1CCC[C@@H](NC(=O)OCC2c3ccccc3-c3ccccc32)C1)C(=O)O. The number of hydrogen-bond donors (Lipinski definition) is 4. The summed E-state index contributed by atoms with van der Waals surface area (Å²) in [5.41, 5.74) is 2.58. The van der Waals surface area contributed by atoms with Crippen molar-refractivity contribution in [2.24, 2.45) is 5.92 Å². The molecule has 4 rings (SSSR count). The first-order chi connectivity index (χ1) is 16.3. The molecular formula is C26H30N2O6. The van der Waals surface area contributed by atoms with E-state index in [0.29, 0.717) is 12.8 Å². The van der Waals surface area contributed by atoms with Crippen molar-refractivity contribution in [1.29, 1.82) is 0 Å². The number of hydrogen-bond acceptors (Lipinski definition) is 5. The fourth-order valence-electron chi connectivity index (χ4n) is 4.84. The molecule has 8 nitrogen and oxygen atoms in total. The Morgan fingerprint density at radius 2 is 1.65 bits per heavy atom. The molecule has 4 N–H and O–H groups in total. The van der Waals surface area contributed by atoms with Crippen molar-refractivity contribution in [3.05, 3.63) is 59.7 Å². The Balaban J connectivity index is 1.30. The third-order valence-corrected chi connectivity index (χ3v) is 6.78. The van der Waals surface area contributed by atoms with Crippen molar-refractivity contribution >= 4 is 18.0 Å². The summed E-state index contributed by atoms with van der Waals surface area (Å²) in [6.07, 6.45) is 2.05. The molecule has 1 saturated carbocycles. The number of amides is 2. The molecule has 0 aliphatic heterocycles. The van der Waals surface area contributed by atoms with Gasteiger partial charge in [-0.05, 0) is 48.4 Å². The third-order valence-electron chi connectivity index (χ3n) is 6.78. The Labute approximate surface area is 198 Å². The van der Waals surface area contributed by atoms with Gasteiger partial charge in [0.1, 0.15) is 6.61 Å². The van der Waals surface area contributed by atoms with Crippen LogP contribution in [0.5, 0.6) is 0 Å². The minimum atomic E-state index is -2.02. The quantitative estimate of drug-likeness (QED) is 0.497. The number of rotatable bonds is 7. The zero-order valence-electron chi connectivity index (χ0n) is 19.1. The second kappa shape index (κ2) is 9.85. The minimum absolute atomic E-state index is 0.0231. The molecule has 0 saturated heterocycles. The Morgan fingerprint density at radius 1 is 1.03 bits per heavy atom. The zero-order valence-corrected chi connectivity index (χ0v) is 19.1. The molecule has 180 valence electrons. The number of carbonyl (C=O) groups excluding carboxylic acids is 2. The Hall–Kier alpha value is -3.39. The van der Waals surface area contributed by atoms with Gasteiger partial charge in [0.05, 0.1) is 6.54 Å². The molecule has 1 unspecified atom stereocenters. The maximum atomic E-state index is 12.6. The van der Waals surface area contributed by atoms with Crippen molar-refractivity contribution in [3.63, 3.8) is 0 Å². The number of carboxylic acids is 1. The molecule has 34 heavy (non-hydrogen) atoms. The van der Waals surface area contributed by atoms with Crippen LogP contribution < -0.4 is 10.6 Å². The fourth-order valence-corrected chi connectivity index (χ4v) is 4.84. The van der Waals surface area contributed by atoms with Crippen LogP contribution in [0.2, 0.25) is 0 Å². The van der Waals surface area contributed by atoms with E-state index in [1.54, 1.807) is 0 Å². The summed E-state index contributed by atoms with van der Waals surface area (Å²) in [5.74, 6) is -2.10. The summed E-state index contributed by atoms with van der Waals surface area (Å²) in [4.78, 5) is 36.1. The van der Waals surface area contributed by atoms with Crippen LogP contribution in [-0.4, -0.2) is 53.0 Å². The van der Waals surface area contributed by atoms with Gasteiger partial charge in [-0.15, -0.1) is 0 Å². The number of nitrogens with one attached hydrogen (secondary N) is 2. The highest BCUT2D eigenvalue weighted by Crippen LogP contribution is 2.44. The number of fused-ring (bicyclic) bond motifs is 3. The lowest BCUT2D eigenvalue weighted by Gasteiger charge is -2.29. The van der Waals surface area contributed by atoms with Gasteiger partial charge in [0.15, 0.2) is 5.60 Å². The van der Waals surface area contributed by atoms with Gasteiger partial charge in [0.25, 0.3) is 0 Å². The van der Waals surface area contributed by atoms with Crippen molar-refractivity contribution in [2.75, 3.05) is 13.2 Å². The number of alkyl carbamates (subject to hydrolysis) is 1. The monoisotopic (exact) mass is 466 g/mol. The fraction of sp³-hybridized carbons (Fsp3) is 0.423. The maximum absolute atomic E-state index is 12.6. The summed E-state index contributed by atoms with van der Waals surface area (Å²) in [5, 5.41) is 24.2. The minimum Gasteiger partial charge on any atom is -0.479 e. The first kappa shape index (κ1) is 23.8. The van der Waals surface area contributed by atoms with Crippen LogP contribution in [-0.2, 0) is 14.3 Å². The van der Waals surface area contributed by atoms with Crippen LogP contribution in [0, 0.1) is 5.92 Å². The Morgan fingerprint density at radius 3 is 2.26 bits per heavy atom. The van der Waals surface area contributed by atoms with Crippen molar-refractivity contribution in [2.45, 2.75) is 50.2 Å². The molecule has 2 aliphatic rings. The number of aliphatic carboxylic acids is 1. The van der Waals surface area contributed by atoms with E-state index >= 15 is 0 Å². The van der Waals surface area contributed by atoms with Crippen LogP contribution >= 0.6 is 0 Å². The first-order valence-electron chi connectivity index (χ1n) is 11.6. The van der Waals surface area contributed by atoms with E-state index in [-0.39, 0.29) is 36.9 Å². The molecule has 0 bridgehead atoms. The molecule has 2 aromatic rings. The highest BCUT2D eigenvalue weighted by atomic mass is 16.5. The van der Waals surface area contributed by atoms with Crippen LogP contribution in [0.1, 0.15) is 49.7 Å². The molecule has 0 radical (unpaired) electrons. The summed E-state index contributed by atoms with van der Waals surface area (Å²) in [7, 11) is 0. The van der Waals surface area contributed by atoms with Crippen molar-refractivity contribution < 1.29 is 29.3 Å². The molecule has 0 spiro atoms. The van der Waals surface area contributed by atoms with Gasteiger partial charge >= 0.3 is 12.1 Å². The standard InChI is InChI=1S/C26H30N2O6/c1-26(33,24(30)31)15-27-23(29)16-7-6-8-17(13-16)28-25(32)34-14-22-20-11-4-2-9-18(20)19-10-3-5-12-21(19)22/h2-5,9-12,16-17,22,33H,6-8,13-15H2,1H3,(H,27,29)(H,28,32)(H,30,31)/t16-,17-,26?/m1/s1. The topological polar surface area (TPSA) is 125 Å². The van der Waals surface area contributed by atoms with Crippen LogP contribution in [0.25, 0.3) is 11.1 Å². The summed E-state index contributed by atoms with van der Waals surface area (Å²) in [6, 6.07) is 16.1. The van der Waals surface area contributed by atoms with Gasteiger partial charge < -0.3 is 25.6 Å². The highest BCUT2D eigenvalue weighted by Gasteiger charge is 2.34. The summed E-state index contributed by atoms with van der Waals surface area (Å²) < 4.78 is 5.61. The average Bonchev–Trinajstić information content (AvgIpc) is 3.15. The van der Waals surface area contributed by atoms with Crippen molar-refractivity contribution in [3.8, 4) is 11.1 Å². The van der Waals surface area contributed by atoms with Crippen LogP contribution in [0.4, 0.5) is 4.79 Å². The molecule has 0 aromatic heterocycles. The van der Waals surface area contributed by atoms with Gasteiger partial charge in [-0.2, -0.15) is 0 Å². The van der Waals surface area contributed by atoms with Crippen LogP contribution in [0.3, 0.4) is 0 Å². The average molecular weight is 467 g/mol. The Bertz CT molecular complexity index is 1040. The normalized spacial score (nSPS) is 21.0. The maximum Gasteiger partial charge on any atom is 0.407 e. The van der Waals surface area contributed by atoms with Crippen LogP contribution in [0.15, 0.2) is 48.5 Å².